The van der Waals surface area contributed by atoms with Crippen LogP contribution in [0, 0.1) is 0 Å². The molecule has 2 aliphatic heterocycles. The van der Waals surface area contributed by atoms with Crippen LogP contribution in [-0.4, -0.2) is 54.4 Å². The van der Waals surface area contributed by atoms with Crippen molar-refractivity contribution >= 4 is 11.6 Å². The van der Waals surface area contributed by atoms with Crippen molar-refractivity contribution in [3.63, 3.8) is 0 Å². The molecule has 0 saturated carbocycles. The zero-order chi connectivity index (χ0) is 14.8. The number of carbonyl (C=O) groups excluding carboxylic acids is 1. The number of fused-ring (bicyclic) bond motifs is 1. The summed E-state index contributed by atoms with van der Waals surface area (Å²) in [6, 6.07) is 5.86. The van der Waals surface area contributed by atoms with Crippen LogP contribution in [0.4, 0.5) is 5.69 Å². The van der Waals surface area contributed by atoms with E-state index in [4.69, 9.17) is 4.74 Å². The van der Waals surface area contributed by atoms with E-state index in [0.717, 1.165) is 36.2 Å². The highest BCUT2D eigenvalue weighted by Crippen LogP contribution is 2.27. The zero-order valence-corrected chi connectivity index (χ0v) is 12.3. The average molecular weight is 290 g/mol. The maximum atomic E-state index is 12.8. The molecule has 2 atom stereocenters. The van der Waals surface area contributed by atoms with E-state index in [1.807, 2.05) is 25.1 Å². The molecule has 2 heterocycles. The van der Waals surface area contributed by atoms with Crippen molar-refractivity contribution < 1.29 is 14.6 Å². The average Bonchev–Trinajstić information content (AvgIpc) is 2.53. The molecule has 1 saturated heterocycles. The van der Waals surface area contributed by atoms with Gasteiger partial charge in [-0.05, 0) is 37.5 Å². The molecule has 0 radical (unpaired) electrons. The number of carbonyl (C=O) groups is 1. The van der Waals surface area contributed by atoms with Crippen molar-refractivity contribution in [2.75, 3.05) is 31.6 Å². The van der Waals surface area contributed by atoms with Gasteiger partial charge in [0.1, 0.15) is 0 Å². The van der Waals surface area contributed by atoms with Crippen LogP contribution < -0.4 is 5.32 Å². The van der Waals surface area contributed by atoms with Gasteiger partial charge >= 0.3 is 0 Å². The molecule has 5 heteroatoms. The minimum atomic E-state index is -0.282. The Labute approximate surface area is 124 Å². The standard InChI is InChI=1S/C16H22N2O3/c1-11-8-18(9-12(10-19)21-11)16(20)14-4-2-6-15-13(14)5-3-7-17-15/h2,4,6,11-12,17,19H,3,5,7-10H2,1H3. The largest absolute Gasteiger partial charge is 0.394 e. The maximum absolute atomic E-state index is 12.8. The Morgan fingerprint density at radius 2 is 2.33 bits per heavy atom. The van der Waals surface area contributed by atoms with Gasteiger partial charge in [0, 0.05) is 30.9 Å². The summed E-state index contributed by atoms with van der Waals surface area (Å²) in [5, 5.41) is 12.7. The topological polar surface area (TPSA) is 61.8 Å². The van der Waals surface area contributed by atoms with Crippen molar-refractivity contribution in [1.29, 1.82) is 0 Å². The summed E-state index contributed by atoms with van der Waals surface area (Å²) in [6.07, 6.45) is 1.66. The molecule has 21 heavy (non-hydrogen) atoms. The first kappa shape index (κ1) is 14.4. The number of aliphatic hydroxyl groups excluding tert-OH is 1. The second-order valence-electron chi connectivity index (χ2n) is 5.82. The minimum Gasteiger partial charge on any atom is -0.394 e. The van der Waals surface area contributed by atoms with Gasteiger partial charge in [0.2, 0.25) is 0 Å². The number of nitrogens with zero attached hydrogens (tertiary/aromatic N) is 1. The Hall–Kier alpha value is -1.59. The van der Waals surface area contributed by atoms with Crippen LogP contribution in [0.1, 0.15) is 29.3 Å². The predicted molar refractivity (Wildman–Crippen MR) is 80.6 cm³/mol. The smallest absolute Gasteiger partial charge is 0.254 e. The van der Waals surface area contributed by atoms with Crippen LogP contribution in [0.25, 0.3) is 0 Å². The Kier molecular flexibility index (Phi) is 4.12. The molecule has 0 bridgehead atoms. The van der Waals surface area contributed by atoms with Gasteiger partial charge in [0.05, 0.1) is 18.8 Å². The lowest BCUT2D eigenvalue weighted by atomic mass is 9.96. The summed E-state index contributed by atoms with van der Waals surface area (Å²) in [6.45, 7) is 3.88. The molecule has 2 aliphatic rings. The molecular formula is C16H22N2O3. The summed E-state index contributed by atoms with van der Waals surface area (Å²) < 4.78 is 5.61. The monoisotopic (exact) mass is 290 g/mol. The van der Waals surface area contributed by atoms with E-state index in [9.17, 15) is 9.90 Å². The molecule has 0 aliphatic carbocycles. The number of hydrogen-bond donors (Lipinski definition) is 2. The van der Waals surface area contributed by atoms with Gasteiger partial charge in [-0.1, -0.05) is 6.07 Å². The number of morpholine rings is 1. The Balaban J connectivity index is 1.85. The van der Waals surface area contributed by atoms with Crippen molar-refractivity contribution in [2.45, 2.75) is 32.0 Å². The quantitative estimate of drug-likeness (QED) is 0.861. The number of rotatable bonds is 2. The third-order valence-electron chi connectivity index (χ3n) is 4.14. The van der Waals surface area contributed by atoms with Gasteiger partial charge in [0.25, 0.3) is 5.91 Å². The van der Waals surface area contributed by atoms with Gasteiger partial charge in [-0.25, -0.2) is 0 Å². The lowest BCUT2D eigenvalue weighted by molar-refractivity contribution is -0.0858. The van der Waals surface area contributed by atoms with E-state index in [2.05, 4.69) is 5.32 Å². The Bertz CT molecular complexity index is 532. The minimum absolute atomic E-state index is 0.0440. The first-order valence-electron chi connectivity index (χ1n) is 7.60. The Morgan fingerprint density at radius 3 is 3.14 bits per heavy atom. The molecule has 2 N–H and O–H groups in total. The fourth-order valence-corrected chi connectivity index (χ4v) is 3.19. The number of anilines is 1. The lowest BCUT2D eigenvalue weighted by Gasteiger charge is -2.36. The van der Waals surface area contributed by atoms with Gasteiger partial charge in [-0.3, -0.25) is 4.79 Å². The molecule has 1 fully saturated rings. The predicted octanol–water partition coefficient (Wildman–Crippen LogP) is 1.27. The van der Waals surface area contributed by atoms with Crippen molar-refractivity contribution in [2.24, 2.45) is 0 Å². The summed E-state index contributed by atoms with van der Waals surface area (Å²) in [4.78, 5) is 14.6. The summed E-state index contributed by atoms with van der Waals surface area (Å²) >= 11 is 0. The number of benzene rings is 1. The number of ether oxygens (including phenoxy) is 1. The van der Waals surface area contributed by atoms with E-state index < -0.39 is 0 Å². The van der Waals surface area contributed by atoms with Crippen LogP contribution in [0.3, 0.4) is 0 Å². The van der Waals surface area contributed by atoms with E-state index in [1.165, 1.54) is 0 Å². The van der Waals surface area contributed by atoms with Crippen LogP contribution in [-0.2, 0) is 11.2 Å². The van der Waals surface area contributed by atoms with Gasteiger partial charge in [-0.2, -0.15) is 0 Å². The highest BCUT2D eigenvalue weighted by molar-refractivity contribution is 5.97. The third-order valence-corrected chi connectivity index (χ3v) is 4.14. The number of amides is 1. The maximum Gasteiger partial charge on any atom is 0.254 e. The summed E-state index contributed by atoms with van der Waals surface area (Å²) in [5.41, 5.74) is 2.98. The molecule has 1 aromatic carbocycles. The third kappa shape index (κ3) is 2.89. The molecular weight excluding hydrogens is 268 g/mol. The molecule has 3 rings (SSSR count). The number of aliphatic hydroxyl groups is 1. The molecule has 2 unspecified atom stereocenters. The molecule has 1 amide bonds. The fourth-order valence-electron chi connectivity index (χ4n) is 3.19. The van der Waals surface area contributed by atoms with Gasteiger partial charge < -0.3 is 20.1 Å². The summed E-state index contributed by atoms with van der Waals surface area (Å²) in [5.74, 6) is 0.0455. The summed E-state index contributed by atoms with van der Waals surface area (Å²) in [7, 11) is 0. The van der Waals surface area contributed by atoms with Crippen molar-refractivity contribution in [1.82, 2.24) is 4.90 Å². The molecule has 114 valence electrons. The van der Waals surface area contributed by atoms with E-state index in [-0.39, 0.29) is 24.7 Å². The second kappa shape index (κ2) is 6.03. The number of hydrogen-bond acceptors (Lipinski definition) is 4. The number of nitrogens with one attached hydrogen (secondary N) is 1. The Morgan fingerprint density at radius 1 is 1.48 bits per heavy atom. The van der Waals surface area contributed by atoms with Crippen molar-refractivity contribution in [3.8, 4) is 0 Å². The highest BCUT2D eigenvalue weighted by Gasteiger charge is 2.30. The molecule has 1 aromatic rings. The molecule has 0 aromatic heterocycles. The van der Waals surface area contributed by atoms with Gasteiger partial charge in [-0.15, -0.1) is 0 Å². The highest BCUT2D eigenvalue weighted by atomic mass is 16.5. The SMILES string of the molecule is CC1CN(C(=O)c2cccc3c2CCCN3)CC(CO)O1. The first-order valence-corrected chi connectivity index (χ1v) is 7.60. The fraction of sp³-hybridized carbons (Fsp3) is 0.562. The van der Waals surface area contributed by atoms with Crippen LogP contribution >= 0.6 is 0 Å². The van der Waals surface area contributed by atoms with Gasteiger partial charge in [0.15, 0.2) is 0 Å². The lowest BCUT2D eigenvalue weighted by Crippen LogP contribution is -2.50. The van der Waals surface area contributed by atoms with Crippen LogP contribution in [0.2, 0.25) is 0 Å². The van der Waals surface area contributed by atoms with Crippen molar-refractivity contribution in [3.05, 3.63) is 29.3 Å². The van der Waals surface area contributed by atoms with E-state index >= 15 is 0 Å². The second-order valence-corrected chi connectivity index (χ2v) is 5.82. The van der Waals surface area contributed by atoms with Crippen LogP contribution in [0.5, 0.6) is 0 Å². The molecule has 5 nitrogen and oxygen atoms in total. The van der Waals surface area contributed by atoms with E-state index in [0.29, 0.717) is 13.1 Å². The van der Waals surface area contributed by atoms with E-state index in [1.54, 1.807) is 4.90 Å². The normalized spacial score (nSPS) is 25.1. The zero-order valence-electron chi connectivity index (χ0n) is 12.3. The molecule has 0 spiro atoms. The first-order chi connectivity index (χ1) is 10.2. The van der Waals surface area contributed by atoms with Crippen LogP contribution in [0.15, 0.2) is 18.2 Å².